The SMILES string of the molecule is Cc1ccc(N=[N+]=[N-])c(Br)c1. The summed E-state index contributed by atoms with van der Waals surface area (Å²) >= 11 is 3.28. The van der Waals surface area contributed by atoms with E-state index >= 15 is 0 Å². The minimum Gasteiger partial charge on any atom is -0.0596 e. The first-order valence-corrected chi connectivity index (χ1v) is 3.84. The molecule has 0 atom stereocenters. The number of aryl methyl sites for hydroxylation is 1. The summed E-state index contributed by atoms with van der Waals surface area (Å²) in [6.45, 7) is 1.98. The number of rotatable bonds is 1. The van der Waals surface area contributed by atoms with Crippen molar-refractivity contribution in [2.75, 3.05) is 0 Å². The smallest absolute Gasteiger partial charge is 0.0517 e. The van der Waals surface area contributed by atoms with Gasteiger partial charge in [-0.25, -0.2) is 0 Å². The molecule has 0 fully saturated rings. The van der Waals surface area contributed by atoms with E-state index in [2.05, 4.69) is 26.0 Å². The Morgan fingerprint density at radius 2 is 2.27 bits per heavy atom. The molecule has 0 aliphatic rings. The van der Waals surface area contributed by atoms with Gasteiger partial charge in [0, 0.05) is 9.38 Å². The maximum Gasteiger partial charge on any atom is 0.0517 e. The molecular formula is C7H6BrN3. The number of halogens is 1. The molecule has 3 nitrogen and oxygen atoms in total. The molecule has 56 valence electrons. The zero-order valence-corrected chi connectivity index (χ0v) is 7.54. The van der Waals surface area contributed by atoms with Crippen LogP contribution in [-0.2, 0) is 0 Å². The number of nitrogens with zero attached hydrogens (tertiary/aromatic N) is 3. The lowest BCUT2D eigenvalue weighted by Gasteiger charge is -1.96. The molecule has 0 aliphatic carbocycles. The number of hydrogen-bond donors (Lipinski definition) is 0. The highest BCUT2D eigenvalue weighted by Crippen LogP contribution is 2.25. The molecule has 0 bridgehead atoms. The zero-order chi connectivity index (χ0) is 8.27. The summed E-state index contributed by atoms with van der Waals surface area (Å²) in [7, 11) is 0. The normalized spacial score (nSPS) is 8.91. The van der Waals surface area contributed by atoms with Crippen LogP contribution in [0.3, 0.4) is 0 Å². The van der Waals surface area contributed by atoms with Gasteiger partial charge in [0.2, 0.25) is 0 Å². The van der Waals surface area contributed by atoms with E-state index < -0.39 is 0 Å². The second-order valence-corrected chi connectivity index (χ2v) is 3.00. The Hall–Kier alpha value is -0.990. The molecule has 0 saturated heterocycles. The molecule has 0 N–H and O–H groups in total. The average Bonchev–Trinajstić information content (AvgIpc) is 1.95. The molecule has 0 aliphatic heterocycles. The fourth-order valence-electron chi connectivity index (χ4n) is 0.741. The summed E-state index contributed by atoms with van der Waals surface area (Å²) in [6, 6.07) is 5.58. The predicted molar refractivity (Wildman–Crippen MR) is 47.7 cm³/mol. The number of benzene rings is 1. The van der Waals surface area contributed by atoms with E-state index in [1.807, 2.05) is 19.1 Å². The minimum atomic E-state index is 0.623. The molecule has 11 heavy (non-hydrogen) atoms. The molecule has 0 spiro atoms. The van der Waals surface area contributed by atoms with Crippen molar-refractivity contribution in [2.24, 2.45) is 5.11 Å². The molecule has 0 amide bonds. The second-order valence-electron chi connectivity index (χ2n) is 2.14. The van der Waals surface area contributed by atoms with Crippen LogP contribution in [0.25, 0.3) is 10.4 Å². The van der Waals surface area contributed by atoms with Crippen molar-refractivity contribution < 1.29 is 0 Å². The highest BCUT2D eigenvalue weighted by molar-refractivity contribution is 9.10. The first-order valence-electron chi connectivity index (χ1n) is 3.05. The van der Waals surface area contributed by atoms with Crippen LogP contribution in [0.4, 0.5) is 5.69 Å². The van der Waals surface area contributed by atoms with Gasteiger partial charge in [-0.3, -0.25) is 0 Å². The summed E-state index contributed by atoms with van der Waals surface area (Å²) in [5.74, 6) is 0. The van der Waals surface area contributed by atoms with Gasteiger partial charge in [0.05, 0.1) is 5.69 Å². The number of hydrogen-bond acceptors (Lipinski definition) is 1. The Morgan fingerprint density at radius 1 is 1.55 bits per heavy atom. The average molecular weight is 212 g/mol. The third kappa shape index (κ3) is 1.97. The Kier molecular flexibility index (Phi) is 2.52. The molecule has 0 heterocycles. The van der Waals surface area contributed by atoms with E-state index in [1.54, 1.807) is 6.07 Å². The molecule has 1 rings (SSSR count). The van der Waals surface area contributed by atoms with Crippen molar-refractivity contribution >= 4 is 21.6 Å². The van der Waals surface area contributed by atoms with Gasteiger partial charge in [0.25, 0.3) is 0 Å². The third-order valence-electron chi connectivity index (χ3n) is 1.26. The monoisotopic (exact) mass is 211 g/mol. The van der Waals surface area contributed by atoms with Crippen molar-refractivity contribution in [2.45, 2.75) is 6.92 Å². The second kappa shape index (κ2) is 3.42. The van der Waals surface area contributed by atoms with Crippen LogP contribution in [-0.4, -0.2) is 0 Å². The van der Waals surface area contributed by atoms with Gasteiger partial charge in [-0.1, -0.05) is 33.2 Å². The number of azide groups is 1. The maximum absolute atomic E-state index is 8.15. The van der Waals surface area contributed by atoms with Gasteiger partial charge >= 0.3 is 0 Å². The van der Waals surface area contributed by atoms with Crippen LogP contribution in [0, 0.1) is 6.92 Å². The summed E-state index contributed by atoms with van der Waals surface area (Å²) < 4.78 is 0.829. The molecule has 0 aromatic heterocycles. The molecular weight excluding hydrogens is 206 g/mol. The summed E-state index contributed by atoms with van der Waals surface area (Å²) in [6.07, 6.45) is 0. The molecule has 1 aromatic carbocycles. The highest BCUT2D eigenvalue weighted by Gasteiger charge is 1.94. The quantitative estimate of drug-likeness (QED) is 0.387. The first-order chi connectivity index (χ1) is 5.24. The van der Waals surface area contributed by atoms with Gasteiger partial charge in [-0.15, -0.1) is 0 Å². The van der Waals surface area contributed by atoms with Crippen LogP contribution < -0.4 is 0 Å². The first kappa shape index (κ1) is 8.11. The van der Waals surface area contributed by atoms with Crippen LogP contribution >= 0.6 is 15.9 Å². The molecule has 4 heteroatoms. The highest BCUT2D eigenvalue weighted by atomic mass is 79.9. The van der Waals surface area contributed by atoms with E-state index in [4.69, 9.17) is 5.53 Å². The topological polar surface area (TPSA) is 48.8 Å². The van der Waals surface area contributed by atoms with Gasteiger partial charge in [-0.05, 0) is 24.1 Å². The van der Waals surface area contributed by atoms with Gasteiger partial charge < -0.3 is 0 Å². The van der Waals surface area contributed by atoms with Gasteiger partial charge in [0.1, 0.15) is 0 Å². The molecule has 0 saturated carbocycles. The van der Waals surface area contributed by atoms with E-state index in [1.165, 1.54) is 0 Å². The third-order valence-corrected chi connectivity index (χ3v) is 1.89. The van der Waals surface area contributed by atoms with Crippen molar-refractivity contribution in [3.05, 3.63) is 38.7 Å². The van der Waals surface area contributed by atoms with Crippen LogP contribution in [0.2, 0.25) is 0 Å². The van der Waals surface area contributed by atoms with E-state index in [0.29, 0.717) is 5.69 Å². The van der Waals surface area contributed by atoms with Crippen LogP contribution in [0.5, 0.6) is 0 Å². The lowest BCUT2D eigenvalue weighted by atomic mass is 10.2. The Balaban J connectivity index is 3.19. The van der Waals surface area contributed by atoms with Crippen molar-refractivity contribution in [1.82, 2.24) is 0 Å². The lowest BCUT2D eigenvalue weighted by molar-refractivity contribution is 1.39. The molecule has 1 aromatic rings. The van der Waals surface area contributed by atoms with E-state index in [9.17, 15) is 0 Å². The fraction of sp³-hybridized carbons (Fsp3) is 0.143. The summed E-state index contributed by atoms with van der Waals surface area (Å²) in [5, 5.41) is 3.48. The minimum absolute atomic E-state index is 0.623. The van der Waals surface area contributed by atoms with Crippen molar-refractivity contribution in [1.29, 1.82) is 0 Å². The standard InChI is InChI=1S/C7H6BrN3/c1-5-2-3-7(10-11-9)6(8)4-5/h2-4H,1H3. The Labute approximate surface area is 72.8 Å². The van der Waals surface area contributed by atoms with Crippen LogP contribution in [0.1, 0.15) is 5.56 Å². The fourth-order valence-corrected chi connectivity index (χ4v) is 1.31. The summed E-state index contributed by atoms with van der Waals surface area (Å²) in [5.41, 5.74) is 9.91. The van der Waals surface area contributed by atoms with Crippen molar-refractivity contribution in [3.63, 3.8) is 0 Å². The Bertz CT molecular complexity index is 315. The van der Waals surface area contributed by atoms with Crippen LogP contribution in [0.15, 0.2) is 27.8 Å². The molecule has 0 radical (unpaired) electrons. The summed E-state index contributed by atoms with van der Waals surface area (Å²) in [4.78, 5) is 2.69. The van der Waals surface area contributed by atoms with Gasteiger partial charge in [-0.2, -0.15) is 0 Å². The molecule has 0 unspecified atom stereocenters. The van der Waals surface area contributed by atoms with Crippen molar-refractivity contribution in [3.8, 4) is 0 Å². The van der Waals surface area contributed by atoms with E-state index in [-0.39, 0.29) is 0 Å². The Morgan fingerprint density at radius 3 is 2.82 bits per heavy atom. The van der Waals surface area contributed by atoms with E-state index in [0.717, 1.165) is 10.0 Å². The lowest BCUT2D eigenvalue weighted by Crippen LogP contribution is -1.71. The predicted octanol–water partition coefficient (Wildman–Crippen LogP) is 3.70. The zero-order valence-electron chi connectivity index (χ0n) is 5.95. The largest absolute Gasteiger partial charge is 0.0596 e. The maximum atomic E-state index is 8.15. The van der Waals surface area contributed by atoms with Gasteiger partial charge in [0.15, 0.2) is 0 Å².